The third kappa shape index (κ3) is 3.90. The van der Waals surface area contributed by atoms with Crippen molar-refractivity contribution in [3.63, 3.8) is 0 Å². The quantitative estimate of drug-likeness (QED) is 0.388. The van der Waals surface area contributed by atoms with Crippen molar-refractivity contribution in [3.05, 3.63) is 11.1 Å². The molecule has 0 heterocycles. The zero-order chi connectivity index (χ0) is 16.9. The highest BCUT2D eigenvalue weighted by atomic mass is 16.5. The highest BCUT2D eigenvalue weighted by Crippen LogP contribution is 2.62. The molecule has 3 unspecified atom stereocenters. The van der Waals surface area contributed by atoms with Gasteiger partial charge in [0, 0.05) is 0 Å². The Morgan fingerprint density at radius 3 is 2.23 bits per heavy atom. The van der Waals surface area contributed by atoms with Gasteiger partial charge in [-0.1, -0.05) is 24.5 Å². The number of carbonyl (C=O) groups is 2. The van der Waals surface area contributed by atoms with Crippen molar-refractivity contribution in [3.8, 4) is 0 Å². The summed E-state index contributed by atoms with van der Waals surface area (Å²) in [4.78, 5) is 24.6. The van der Waals surface area contributed by atoms with Crippen LogP contribution in [0.25, 0.3) is 0 Å². The van der Waals surface area contributed by atoms with Gasteiger partial charge < -0.3 is 9.47 Å². The summed E-state index contributed by atoms with van der Waals surface area (Å²) in [5.41, 5.74) is 1.72. The first kappa shape index (κ1) is 18.7. The number of hydrogen-bond donors (Lipinski definition) is 0. The normalized spacial score (nSPS) is 26.3. The van der Waals surface area contributed by atoms with Crippen LogP contribution in [0.15, 0.2) is 11.1 Å². The Labute approximate surface area is 134 Å². The molecule has 0 amide bonds. The van der Waals surface area contributed by atoms with E-state index in [0.29, 0.717) is 13.2 Å². The van der Waals surface area contributed by atoms with Crippen LogP contribution >= 0.6 is 0 Å². The van der Waals surface area contributed by atoms with E-state index in [4.69, 9.17) is 9.47 Å². The first-order valence-corrected chi connectivity index (χ1v) is 8.27. The summed E-state index contributed by atoms with van der Waals surface area (Å²) in [6.45, 7) is 12.6. The predicted octanol–water partition coefficient (Wildman–Crippen LogP) is 3.89. The molecule has 4 heteroatoms. The molecule has 0 bridgehead atoms. The van der Waals surface area contributed by atoms with E-state index in [-0.39, 0.29) is 23.8 Å². The molecular formula is C18H30O4. The molecule has 0 N–H and O–H groups in total. The van der Waals surface area contributed by atoms with Gasteiger partial charge in [-0.15, -0.1) is 0 Å². The summed E-state index contributed by atoms with van der Waals surface area (Å²) in [5.74, 6) is -0.928. The van der Waals surface area contributed by atoms with Crippen LogP contribution in [0.3, 0.4) is 0 Å². The van der Waals surface area contributed by atoms with Crippen molar-refractivity contribution in [2.75, 3.05) is 13.2 Å². The predicted molar refractivity (Wildman–Crippen MR) is 86.3 cm³/mol. The highest BCUT2D eigenvalue weighted by Gasteiger charge is 2.70. The topological polar surface area (TPSA) is 52.6 Å². The molecular weight excluding hydrogens is 280 g/mol. The molecule has 4 nitrogen and oxygen atoms in total. The third-order valence-corrected chi connectivity index (χ3v) is 4.80. The van der Waals surface area contributed by atoms with Gasteiger partial charge in [-0.25, -0.2) is 0 Å². The van der Waals surface area contributed by atoms with Crippen molar-refractivity contribution < 1.29 is 19.1 Å². The fourth-order valence-corrected chi connectivity index (χ4v) is 2.85. The molecule has 0 aromatic heterocycles. The summed E-state index contributed by atoms with van der Waals surface area (Å²) in [7, 11) is 0. The second-order valence-electron chi connectivity index (χ2n) is 6.59. The maximum Gasteiger partial charge on any atom is 0.312 e. The van der Waals surface area contributed by atoms with Crippen LogP contribution in [0.1, 0.15) is 60.8 Å². The maximum atomic E-state index is 12.3. The van der Waals surface area contributed by atoms with Crippen LogP contribution in [0.4, 0.5) is 0 Å². The lowest BCUT2D eigenvalue weighted by Gasteiger charge is -2.11. The summed E-state index contributed by atoms with van der Waals surface area (Å²) in [6, 6.07) is 0. The van der Waals surface area contributed by atoms with Crippen LogP contribution < -0.4 is 0 Å². The SMILES string of the molecule is CCCCOC(=O)C1C(CC(C)=C(C)C)C1(C)C(=O)OCC. The minimum Gasteiger partial charge on any atom is -0.466 e. The Kier molecular flexibility index (Phi) is 6.64. The van der Waals surface area contributed by atoms with Crippen LogP contribution in [-0.2, 0) is 19.1 Å². The van der Waals surface area contributed by atoms with Crippen LogP contribution in [0.2, 0.25) is 0 Å². The van der Waals surface area contributed by atoms with Gasteiger partial charge in [0.25, 0.3) is 0 Å². The van der Waals surface area contributed by atoms with Crippen molar-refractivity contribution in [2.45, 2.75) is 60.8 Å². The van der Waals surface area contributed by atoms with E-state index in [0.717, 1.165) is 19.3 Å². The van der Waals surface area contributed by atoms with Crippen LogP contribution in [0, 0.1) is 17.3 Å². The van der Waals surface area contributed by atoms with E-state index in [2.05, 4.69) is 13.8 Å². The average Bonchev–Trinajstić information content (AvgIpc) is 3.05. The van der Waals surface area contributed by atoms with E-state index in [9.17, 15) is 9.59 Å². The van der Waals surface area contributed by atoms with E-state index in [1.807, 2.05) is 20.8 Å². The number of allylic oxidation sites excluding steroid dienone is 2. The van der Waals surface area contributed by atoms with Crippen LogP contribution in [-0.4, -0.2) is 25.2 Å². The highest BCUT2D eigenvalue weighted by molar-refractivity contribution is 5.91. The van der Waals surface area contributed by atoms with Gasteiger partial charge >= 0.3 is 11.9 Å². The first-order chi connectivity index (χ1) is 10.3. The van der Waals surface area contributed by atoms with Crippen molar-refractivity contribution >= 4 is 11.9 Å². The Balaban J connectivity index is 2.84. The largest absolute Gasteiger partial charge is 0.466 e. The Morgan fingerprint density at radius 2 is 1.73 bits per heavy atom. The zero-order valence-electron chi connectivity index (χ0n) is 14.8. The molecule has 22 heavy (non-hydrogen) atoms. The van der Waals surface area contributed by atoms with Gasteiger partial charge in [-0.05, 0) is 53.4 Å². The molecule has 126 valence electrons. The van der Waals surface area contributed by atoms with E-state index in [1.54, 1.807) is 6.92 Å². The van der Waals surface area contributed by atoms with Gasteiger partial charge in [-0.2, -0.15) is 0 Å². The van der Waals surface area contributed by atoms with Gasteiger partial charge in [0.15, 0.2) is 0 Å². The molecule has 1 fully saturated rings. The first-order valence-electron chi connectivity index (χ1n) is 8.27. The number of carbonyl (C=O) groups excluding carboxylic acids is 2. The lowest BCUT2D eigenvalue weighted by atomic mass is 10.00. The summed E-state index contributed by atoms with van der Waals surface area (Å²) >= 11 is 0. The average molecular weight is 310 g/mol. The van der Waals surface area contributed by atoms with Crippen molar-refractivity contribution in [1.82, 2.24) is 0 Å². The molecule has 0 radical (unpaired) electrons. The molecule has 0 aromatic rings. The van der Waals surface area contributed by atoms with Crippen LogP contribution in [0.5, 0.6) is 0 Å². The number of unbranched alkanes of at least 4 members (excludes halogenated alkanes) is 1. The fraction of sp³-hybridized carbons (Fsp3) is 0.778. The minimum atomic E-state index is -0.740. The molecule has 3 atom stereocenters. The van der Waals surface area contributed by atoms with E-state index >= 15 is 0 Å². The maximum absolute atomic E-state index is 12.3. The second kappa shape index (κ2) is 7.80. The molecule has 1 aliphatic rings. The molecule has 0 aliphatic heterocycles. The van der Waals surface area contributed by atoms with Gasteiger partial charge in [0.05, 0.1) is 24.5 Å². The Bertz CT molecular complexity index is 448. The smallest absolute Gasteiger partial charge is 0.312 e. The minimum absolute atomic E-state index is 0.0180. The number of rotatable bonds is 8. The molecule has 1 aliphatic carbocycles. The number of hydrogen-bond acceptors (Lipinski definition) is 4. The van der Waals surface area contributed by atoms with Crippen molar-refractivity contribution in [1.29, 1.82) is 0 Å². The Morgan fingerprint density at radius 1 is 1.09 bits per heavy atom. The summed E-state index contributed by atoms with van der Waals surface area (Å²) in [6.07, 6.45) is 2.57. The lowest BCUT2D eigenvalue weighted by Crippen LogP contribution is -2.22. The molecule has 1 rings (SSSR count). The van der Waals surface area contributed by atoms with Gasteiger partial charge in [0.1, 0.15) is 0 Å². The van der Waals surface area contributed by atoms with Gasteiger partial charge in [0.2, 0.25) is 0 Å². The van der Waals surface area contributed by atoms with Crippen molar-refractivity contribution in [2.24, 2.45) is 17.3 Å². The van der Waals surface area contributed by atoms with Gasteiger partial charge in [-0.3, -0.25) is 9.59 Å². The number of ether oxygens (including phenoxy) is 2. The summed E-state index contributed by atoms with van der Waals surface area (Å²) < 4.78 is 10.5. The standard InChI is InChI=1S/C18H30O4/c1-7-9-10-22-16(19)15-14(11-13(5)12(3)4)18(15,6)17(20)21-8-2/h14-15H,7-11H2,1-6H3. The van der Waals surface area contributed by atoms with E-state index in [1.165, 1.54) is 11.1 Å². The second-order valence-corrected chi connectivity index (χ2v) is 6.59. The molecule has 0 spiro atoms. The number of esters is 2. The van der Waals surface area contributed by atoms with E-state index < -0.39 is 5.41 Å². The molecule has 0 aromatic carbocycles. The third-order valence-electron chi connectivity index (χ3n) is 4.80. The Hall–Kier alpha value is -1.32. The fourth-order valence-electron chi connectivity index (χ4n) is 2.85. The zero-order valence-corrected chi connectivity index (χ0v) is 14.8. The monoisotopic (exact) mass is 310 g/mol. The molecule has 0 saturated heterocycles. The lowest BCUT2D eigenvalue weighted by molar-refractivity contribution is -0.155. The molecule has 1 saturated carbocycles. The summed E-state index contributed by atoms with van der Waals surface area (Å²) in [5, 5.41) is 0.